The number of nitrogens with one attached hydrogen (secondary N) is 1. The molecule has 0 aromatic carbocycles. The molecule has 158 valence electrons. The van der Waals surface area contributed by atoms with Crippen LogP contribution in [-0.4, -0.2) is 23.4 Å². The van der Waals surface area contributed by atoms with E-state index >= 15 is 0 Å². The van der Waals surface area contributed by atoms with Crippen LogP contribution >= 0.6 is 0 Å². The summed E-state index contributed by atoms with van der Waals surface area (Å²) in [5, 5.41) is 13.2. The predicted molar refractivity (Wildman–Crippen MR) is 116 cm³/mol. The number of hydrogen-bond acceptors (Lipinski definition) is 3. The maximum Gasteiger partial charge on any atom is 0.126 e. The highest BCUT2D eigenvalue weighted by atomic mass is 16.3. The predicted octanol–water partition coefficient (Wildman–Crippen LogP) is 6.28. The first-order chi connectivity index (χ1) is 12.5. The zero-order chi connectivity index (χ0) is 19.5. The minimum absolute atomic E-state index is 0.00107. The van der Waals surface area contributed by atoms with Gasteiger partial charge in [-0.1, -0.05) is 110 Å². The highest BCUT2D eigenvalue weighted by molar-refractivity contribution is 4.80. The normalized spacial score (nSPS) is 15.1. The van der Waals surface area contributed by atoms with Gasteiger partial charge in [0.25, 0.3) is 0 Å². The van der Waals surface area contributed by atoms with Crippen LogP contribution in [-0.2, 0) is 0 Å². The molecule has 0 spiro atoms. The Balaban J connectivity index is 3.18. The summed E-state index contributed by atoms with van der Waals surface area (Å²) in [5.41, 5.74) is 4.65. The molecule has 0 fully saturated rings. The van der Waals surface area contributed by atoms with Gasteiger partial charge >= 0.3 is 0 Å². The number of unbranched alkanes of at least 4 members (excludes halogenated alkanes) is 15. The van der Waals surface area contributed by atoms with Crippen molar-refractivity contribution in [1.82, 2.24) is 5.32 Å². The summed E-state index contributed by atoms with van der Waals surface area (Å²) < 4.78 is 0. The van der Waals surface area contributed by atoms with Crippen molar-refractivity contribution in [3.05, 3.63) is 0 Å². The van der Waals surface area contributed by atoms with E-state index in [1.165, 1.54) is 103 Å². The molecular formula is C23H50N2O. The lowest BCUT2D eigenvalue weighted by Gasteiger charge is -2.29. The average Bonchev–Trinajstić information content (AvgIpc) is 2.59. The lowest BCUT2D eigenvalue weighted by Crippen LogP contribution is -2.55. The molecule has 0 rings (SSSR count). The Morgan fingerprint density at radius 2 is 1.04 bits per heavy atom. The van der Waals surface area contributed by atoms with Gasteiger partial charge in [-0.3, -0.25) is 0 Å². The van der Waals surface area contributed by atoms with E-state index in [2.05, 4.69) is 19.2 Å². The molecule has 0 saturated carbocycles. The number of hydrogen-bond donors (Lipinski definition) is 3. The minimum atomic E-state index is -1.11. The topological polar surface area (TPSA) is 58.3 Å². The largest absolute Gasteiger partial charge is 0.375 e. The minimum Gasteiger partial charge on any atom is -0.375 e. The Labute approximate surface area is 164 Å². The Hall–Kier alpha value is -0.120. The van der Waals surface area contributed by atoms with Gasteiger partial charge < -0.3 is 16.2 Å². The van der Waals surface area contributed by atoms with Crippen LogP contribution in [0.1, 0.15) is 130 Å². The van der Waals surface area contributed by atoms with Gasteiger partial charge in [-0.25, -0.2) is 0 Å². The van der Waals surface area contributed by atoms with Crippen LogP contribution in [0.5, 0.6) is 0 Å². The van der Waals surface area contributed by atoms with Gasteiger partial charge in [-0.2, -0.15) is 0 Å². The van der Waals surface area contributed by atoms with Crippen LogP contribution in [0.3, 0.4) is 0 Å². The standard InChI is InChI=1S/C23H50N2O/c1-4-6-7-8-9-10-11-12-13-14-15-16-17-18-19-20-21-25-22(5-2)23(3,24)26/h22,25-26H,4-21,24H2,1-3H3. The van der Waals surface area contributed by atoms with Gasteiger partial charge in [0.1, 0.15) is 5.72 Å². The molecule has 0 amide bonds. The SMILES string of the molecule is CCCCCCCCCCCCCCCCCCNC(CC)C(C)(N)O. The molecule has 0 radical (unpaired) electrons. The molecule has 3 nitrogen and oxygen atoms in total. The average molecular weight is 371 g/mol. The third kappa shape index (κ3) is 17.3. The Kier molecular flexibility index (Phi) is 18.2. The monoisotopic (exact) mass is 370 g/mol. The van der Waals surface area contributed by atoms with E-state index in [9.17, 15) is 5.11 Å². The molecule has 3 heteroatoms. The Morgan fingerprint density at radius 1 is 0.692 bits per heavy atom. The first-order valence-corrected chi connectivity index (χ1v) is 11.8. The van der Waals surface area contributed by atoms with Gasteiger partial charge in [0.05, 0.1) is 0 Å². The van der Waals surface area contributed by atoms with Crippen molar-refractivity contribution in [3.8, 4) is 0 Å². The molecule has 0 saturated heterocycles. The highest BCUT2D eigenvalue weighted by Gasteiger charge is 2.24. The zero-order valence-electron chi connectivity index (χ0n) is 18.3. The number of rotatable bonds is 20. The highest BCUT2D eigenvalue weighted by Crippen LogP contribution is 2.13. The van der Waals surface area contributed by atoms with E-state index in [1.54, 1.807) is 6.92 Å². The van der Waals surface area contributed by atoms with E-state index in [0.29, 0.717) is 0 Å². The van der Waals surface area contributed by atoms with Crippen LogP contribution in [0.15, 0.2) is 0 Å². The second kappa shape index (κ2) is 18.3. The van der Waals surface area contributed by atoms with Crippen molar-refractivity contribution in [2.45, 2.75) is 142 Å². The van der Waals surface area contributed by atoms with Gasteiger partial charge in [0.2, 0.25) is 0 Å². The van der Waals surface area contributed by atoms with Gasteiger partial charge in [0.15, 0.2) is 0 Å². The molecule has 2 unspecified atom stereocenters. The fourth-order valence-electron chi connectivity index (χ4n) is 3.71. The van der Waals surface area contributed by atoms with Gasteiger partial charge in [0, 0.05) is 6.04 Å². The van der Waals surface area contributed by atoms with E-state index < -0.39 is 5.72 Å². The van der Waals surface area contributed by atoms with Crippen LogP contribution in [0.4, 0.5) is 0 Å². The van der Waals surface area contributed by atoms with Crippen LogP contribution < -0.4 is 11.1 Å². The zero-order valence-corrected chi connectivity index (χ0v) is 18.3. The molecule has 26 heavy (non-hydrogen) atoms. The summed E-state index contributed by atoms with van der Waals surface area (Å²) in [4.78, 5) is 0. The van der Waals surface area contributed by atoms with Gasteiger partial charge in [-0.05, 0) is 26.3 Å². The van der Waals surface area contributed by atoms with Crippen molar-refractivity contribution in [1.29, 1.82) is 0 Å². The van der Waals surface area contributed by atoms with Crippen molar-refractivity contribution >= 4 is 0 Å². The maximum atomic E-state index is 9.83. The molecule has 0 aliphatic carbocycles. The summed E-state index contributed by atoms with van der Waals surface area (Å²) in [5.74, 6) is 0. The molecule has 0 aliphatic heterocycles. The summed E-state index contributed by atoms with van der Waals surface area (Å²) >= 11 is 0. The van der Waals surface area contributed by atoms with E-state index in [4.69, 9.17) is 5.73 Å². The second-order valence-electron chi connectivity index (χ2n) is 8.44. The van der Waals surface area contributed by atoms with Crippen molar-refractivity contribution in [2.24, 2.45) is 5.73 Å². The Bertz CT molecular complexity index is 276. The van der Waals surface area contributed by atoms with E-state index in [1.807, 2.05) is 0 Å². The van der Waals surface area contributed by atoms with E-state index in [-0.39, 0.29) is 6.04 Å². The van der Waals surface area contributed by atoms with Crippen LogP contribution in [0, 0.1) is 0 Å². The third-order valence-corrected chi connectivity index (χ3v) is 5.53. The summed E-state index contributed by atoms with van der Waals surface area (Å²) in [7, 11) is 0. The molecule has 4 N–H and O–H groups in total. The third-order valence-electron chi connectivity index (χ3n) is 5.53. The van der Waals surface area contributed by atoms with Crippen LogP contribution in [0.2, 0.25) is 0 Å². The first-order valence-electron chi connectivity index (χ1n) is 11.8. The molecule has 0 aliphatic rings. The van der Waals surface area contributed by atoms with Crippen molar-refractivity contribution in [3.63, 3.8) is 0 Å². The summed E-state index contributed by atoms with van der Waals surface area (Å²) in [6.07, 6.45) is 23.2. The second-order valence-corrected chi connectivity index (χ2v) is 8.44. The smallest absolute Gasteiger partial charge is 0.126 e. The molecule has 0 heterocycles. The fraction of sp³-hybridized carbons (Fsp3) is 1.00. The Morgan fingerprint density at radius 3 is 1.35 bits per heavy atom. The maximum absolute atomic E-state index is 9.83. The molecule has 0 aromatic heterocycles. The van der Waals surface area contributed by atoms with E-state index in [0.717, 1.165) is 13.0 Å². The van der Waals surface area contributed by atoms with Gasteiger partial charge in [-0.15, -0.1) is 0 Å². The number of aliphatic hydroxyl groups is 1. The quantitative estimate of drug-likeness (QED) is 0.174. The fourth-order valence-corrected chi connectivity index (χ4v) is 3.71. The lowest BCUT2D eigenvalue weighted by atomic mass is 10.0. The molecule has 2 atom stereocenters. The summed E-state index contributed by atoms with van der Waals surface area (Å²) in [6, 6.07) is -0.00107. The first kappa shape index (κ1) is 25.9. The van der Waals surface area contributed by atoms with Crippen LogP contribution in [0.25, 0.3) is 0 Å². The molecule has 0 aromatic rings. The summed E-state index contributed by atoms with van der Waals surface area (Å²) in [6.45, 7) is 6.99. The van der Waals surface area contributed by atoms with Crippen molar-refractivity contribution in [2.75, 3.05) is 6.54 Å². The molecule has 0 bridgehead atoms. The van der Waals surface area contributed by atoms with Crippen molar-refractivity contribution < 1.29 is 5.11 Å². The number of nitrogens with two attached hydrogens (primary N) is 1. The lowest BCUT2D eigenvalue weighted by molar-refractivity contribution is 0.0240. The molecular weight excluding hydrogens is 320 g/mol.